The van der Waals surface area contributed by atoms with Crippen LogP contribution in [0.25, 0.3) is 0 Å². The van der Waals surface area contributed by atoms with Crippen LogP contribution in [0.15, 0.2) is 30.3 Å². The second kappa shape index (κ2) is 4.70. The zero-order valence-electron chi connectivity index (χ0n) is 8.55. The van der Waals surface area contributed by atoms with E-state index in [0.29, 0.717) is 3.93 Å². The molecule has 0 amide bonds. The number of benzene rings is 1. The summed E-state index contributed by atoms with van der Waals surface area (Å²) >= 11 is -2.48. The van der Waals surface area contributed by atoms with Crippen LogP contribution in [0.5, 0.6) is 0 Å². The van der Waals surface area contributed by atoms with E-state index in [4.69, 9.17) is 8.92 Å². The normalized spacial score (nSPS) is 15.8. The molecular formula is C11H17ClSn. The molecule has 0 spiro atoms. The molecule has 0 heterocycles. The van der Waals surface area contributed by atoms with Crippen LogP contribution in [-0.4, -0.2) is 17.3 Å². The van der Waals surface area contributed by atoms with Gasteiger partial charge in [0.1, 0.15) is 0 Å². The fraction of sp³-hybridized carbons (Fsp3) is 0.455. The third-order valence-corrected chi connectivity index (χ3v) is 20.7. The first-order valence-electron chi connectivity index (χ1n) is 4.85. The van der Waals surface area contributed by atoms with E-state index >= 15 is 0 Å². The molecule has 0 fully saturated rings. The first-order chi connectivity index (χ1) is 6.11. The van der Waals surface area contributed by atoms with Crippen LogP contribution >= 0.6 is 8.92 Å². The predicted octanol–water partition coefficient (Wildman–Crippen LogP) is 3.51. The molecule has 0 aromatic heterocycles. The third kappa shape index (κ3) is 2.41. The molecule has 1 atom stereocenters. The molecular weight excluding hydrogens is 286 g/mol. The molecule has 1 unspecified atom stereocenters. The number of rotatable bonds is 3. The standard InChI is InChI=1S/C6H5.C3H7.C2H5.ClH.Sn/c1-2-4-6-5-3-1;1-3-2;1-2;;/h1-5H;3H,1-2H3;1H2,2H3;1H;/q;;;;+1/p-1. The van der Waals surface area contributed by atoms with Gasteiger partial charge >= 0.3 is 89.2 Å². The average molecular weight is 303 g/mol. The quantitative estimate of drug-likeness (QED) is 0.750. The molecule has 1 aromatic rings. The first kappa shape index (κ1) is 11.4. The van der Waals surface area contributed by atoms with E-state index in [1.807, 2.05) is 0 Å². The molecule has 72 valence electrons. The van der Waals surface area contributed by atoms with Gasteiger partial charge in [0.15, 0.2) is 0 Å². The second-order valence-corrected chi connectivity index (χ2v) is 20.1. The van der Waals surface area contributed by atoms with Crippen molar-refractivity contribution in [3.8, 4) is 0 Å². The summed E-state index contributed by atoms with van der Waals surface area (Å²) in [7, 11) is 6.79. The van der Waals surface area contributed by atoms with Gasteiger partial charge < -0.3 is 0 Å². The molecule has 2 heteroatoms. The van der Waals surface area contributed by atoms with Crippen LogP contribution in [0.1, 0.15) is 20.8 Å². The maximum absolute atomic E-state index is 6.79. The Morgan fingerprint density at radius 3 is 2.15 bits per heavy atom. The fourth-order valence-electron chi connectivity index (χ4n) is 1.66. The number of hydrogen-bond acceptors (Lipinski definition) is 0. The Bertz CT molecular complexity index is 258. The molecule has 0 aliphatic carbocycles. The molecule has 1 rings (SSSR count). The van der Waals surface area contributed by atoms with Gasteiger partial charge in [-0.15, -0.1) is 0 Å². The summed E-state index contributed by atoms with van der Waals surface area (Å²) in [5, 5.41) is 0. The molecule has 1 aromatic carbocycles. The number of halogens is 1. The minimum absolute atomic E-state index is 0.670. The van der Waals surface area contributed by atoms with E-state index in [1.54, 1.807) is 0 Å². The van der Waals surface area contributed by atoms with Gasteiger partial charge in [0, 0.05) is 0 Å². The van der Waals surface area contributed by atoms with Gasteiger partial charge in [-0.2, -0.15) is 0 Å². The van der Waals surface area contributed by atoms with Crippen molar-refractivity contribution in [1.82, 2.24) is 0 Å². The van der Waals surface area contributed by atoms with Crippen molar-refractivity contribution >= 4 is 29.8 Å². The molecule has 0 radical (unpaired) electrons. The van der Waals surface area contributed by atoms with Crippen molar-refractivity contribution in [3.05, 3.63) is 30.3 Å². The first-order valence-corrected chi connectivity index (χ1v) is 13.6. The molecule has 0 N–H and O–H groups in total. The summed E-state index contributed by atoms with van der Waals surface area (Å²) in [6.45, 7) is 6.76. The molecule has 13 heavy (non-hydrogen) atoms. The van der Waals surface area contributed by atoms with E-state index in [1.165, 1.54) is 8.02 Å². The van der Waals surface area contributed by atoms with Crippen LogP contribution in [0.4, 0.5) is 0 Å². The van der Waals surface area contributed by atoms with Crippen molar-refractivity contribution < 1.29 is 0 Å². The molecule has 0 nitrogen and oxygen atoms in total. The summed E-state index contributed by atoms with van der Waals surface area (Å²) in [5.74, 6) is 0. The van der Waals surface area contributed by atoms with Crippen LogP contribution in [0.2, 0.25) is 8.37 Å². The van der Waals surface area contributed by atoms with Crippen molar-refractivity contribution in [2.24, 2.45) is 0 Å². The Morgan fingerprint density at radius 2 is 1.77 bits per heavy atom. The van der Waals surface area contributed by atoms with Crippen LogP contribution in [0, 0.1) is 0 Å². The summed E-state index contributed by atoms with van der Waals surface area (Å²) in [5.41, 5.74) is 0. The molecule has 0 saturated heterocycles. The Balaban J connectivity index is 3.03. The van der Waals surface area contributed by atoms with Gasteiger partial charge in [0.25, 0.3) is 0 Å². The van der Waals surface area contributed by atoms with Crippen molar-refractivity contribution in [1.29, 1.82) is 0 Å². The van der Waals surface area contributed by atoms with E-state index in [2.05, 4.69) is 51.1 Å². The summed E-state index contributed by atoms with van der Waals surface area (Å²) < 4.78 is 3.29. The maximum atomic E-state index is 6.79. The zero-order valence-corrected chi connectivity index (χ0v) is 12.2. The SMILES string of the molecule is C[CH2][Sn]([Cl])([c]1ccccc1)[CH](C)C. The van der Waals surface area contributed by atoms with Crippen molar-refractivity contribution in [2.75, 3.05) is 0 Å². The topological polar surface area (TPSA) is 0 Å². The van der Waals surface area contributed by atoms with Crippen LogP contribution < -0.4 is 3.58 Å². The number of hydrogen-bond donors (Lipinski definition) is 0. The average Bonchev–Trinajstić information content (AvgIpc) is 2.17. The monoisotopic (exact) mass is 304 g/mol. The van der Waals surface area contributed by atoms with Gasteiger partial charge in [0.2, 0.25) is 0 Å². The zero-order chi connectivity index (χ0) is 9.90. The minimum atomic E-state index is -2.48. The predicted molar refractivity (Wildman–Crippen MR) is 63.3 cm³/mol. The second-order valence-electron chi connectivity index (χ2n) is 3.74. The van der Waals surface area contributed by atoms with E-state index < -0.39 is 17.3 Å². The fourth-order valence-corrected chi connectivity index (χ4v) is 10.0. The van der Waals surface area contributed by atoms with Crippen molar-refractivity contribution in [2.45, 2.75) is 29.1 Å². The van der Waals surface area contributed by atoms with E-state index in [-0.39, 0.29) is 0 Å². The van der Waals surface area contributed by atoms with Gasteiger partial charge in [-0.1, -0.05) is 0 Å². The van der Waals surface area contributed by atoms with Gasteiger partial charge in [-0.05, 0) is 0 Å². The molecule has 0 aliphatic rings. The Labute approximate surface area is 88.9 Å². The summed E-state index contributed by atoms with van der Waals surface area (Å²) in [6.07, 6.45) is 0. The molecule has 0 bridgehead atoms. The van der Waals surface area contributed by atoms with E-state index in [0.717, 1.165) is 0 Å². The van der Waals surface area contributed by atoms with Crippen LogP contribution in [-0.2, 0) is 0 Å². The Kier molecular flexibility index (Phi) is 4.11. The van der Waals surface area contributed by atoms with Gasteiger partial charge in [-0.25, -0.2) is 0 Å². The Morgan fingerprint density at radius 1 is 1.23 bits per heavy atom. The summed E-state index contributed by atoms with van der Waals surface area (Å²) in [6, 6.07) is 10.7. The third-order valence-electron chi connectivity index (χ3n) is 2.68. The summed E-state index contributed by atoms with van der Waals surface area (Å²) in [4.78, 5) is 0. The Hall–Kier alpha value is 0.309. The molecule has 0 saturated carbocycles. The van der Waals surface area contributed by atoms with Gasteiger partial charge in [0.05, 0.1) is 0 Å². The van der Waals surface area contributed by atoms with Gasteiger partial charge in [-0.3, -0.25) is 0 Å². The van der Waals surface area contributed by atoms with E-state index in [9.17, 15) is 0 Å². The van der Waals surface area contributed by atoms with Crippen molar-refractivity contribution in [3.63, 3.8) is 0 Å². The van der Waals surface area contributed by atoms with Crippen LogP contribution in [0.3, 0.4) is 0 Å². The molecule has 0 aliphatic heterocycles.